The Morgan fingerprint density at radius 2 is 1.80 bits per heavy atom. The van der Waals surface area contributed by atoms with Gasteiger partial charge < -0.3 is 16.0 Å². The number of benzene rings is 1. The Bertz CT molecular complexity index is 533. The molecule has 6 heteroatoms. The van der Waals surface area contributed by atoms with E-state index in [1.54, 1.807) is 0 Å². The van der Waals surface area contributed by atoms with Crippen LogP contribution in [-0.2, 0) is 4.79 Å². The van der Waals surface area contributed by atoms with E-state index in [4.69, 9.17) is 5.73 Å². The molecule has 0 unspecified atom stereocenters. The summed E-state index contributed by atoms with van der Waals surface area (Å²) in [5.41, 5.74) is 7.95. The number of nitrogens with one attached hydrogen (secondary N) is 1. The third kappa shape index (κ3) is 5.77. The number of amides is 1. The molecular formula is C19H31Cl2N3O. The Balaban J connectivity index is 0.00000156. The van der Waals surface area contributed by atoms with Crippen molar-refractivity contribution in [3.63, 3.8) is 0 Å². The Morgan fingerprint density at radius 1 is 1.08 bits per heavy atom. The summed E-state index contributed by atoms with van der Waals surface area (Å²) in [6, 6.07) is 8.31. The van der Waals surface area contributed by atoms with E-state index in [9.17, 15) is 4.79 Å². The van der Waals surface area contributed by atoms with Crippen LogP contribution in [0.15, 0.2) is 24.3 Å². The zero-order valence-corrected chi connectivity index (χ0v) is 16.4. The van der Waals surface area contributed by atoms with Gasteiger partial charge in [-0.05, 0) is 56.3 Å². The second-order valence-corrected chi connectivity index (χ2v) is 6.97. The summed E-state index contributed by atoms with van der Waals surface area (Å²) >= 11 is 0. The first-order valence-corrected chi connectivity index (χ1v) is 9.14. The van der Waals surface area contributed by atoms with E-state index in [2.05, 4.69) is 22.3 Å². The van der Waals surface area contributed by atoms with Gasteiger partial charge in [0.1, 0.15) is 0 Å². The van der Waals surface area contributed by atoms with Gasteiger partial charge >= 0.3 is 0 Å². The van der Waals surface area contributed by atoms with Gasteiger partial charge in [0.25, 0.3) is 0 Å². The second kappa shape index (κ2) is 10.9. The number of carbonyl (C=O) groups is 1. The molecule has 1 heterocycles. The van der Waals surface area contributed by atoms with Crippen molar-refractivity contribution in [2.45, 2.75) is 44.9 Å². The van der Waals surface area contributed by atoms with E-state index in [1.807, 2.05) is 12.1 Å². The van der Waals surface area contributed by atoms with Gasteiger partial charge in [-0.1, -0.05) is 25.3 Å². The van der Waals surface area contributed by atoms with Crippen molar-refractivity contribution in [2.75, 3.05) is 29.9 Å². The maximum absolute atomic E-state index is 12.5. The van der Waals surface area contributed by atoms with Gasteiger partial charge in [0.15, 0.2) is 0 Å². The van der Waals surface area contributed by atoms with E-state index in [-0.39, 0.29) is 36.6 Å². The molecular weight excluding hydrogens is 357 g/mol. The van der Waals surface area contributed by atoms with Crippen LogP contribution in [0, 0.1) is 11.8 Å². The van der Waals surface area contributed by atoms with E-state index >= 15 is 0 Å². The van der Waals surface area contributed by atoms with Crippen LogP contribution >= 0.6 is 24.8 Å². The maximum Gasteiger partial charge on any atom is 0.227 e. The molecule has 3 N–H and O–H groups in total. The molecule has 0 spiro atoms. The molecule has 1 saturated carbocycles. The minimum atomic E-state index is 0. The molecule has 3 rings (SSSR count). The Labute approximate surface area is 163 Å². The van der Waals surface area contributed by atoms with Crippen molar-refractivity contribution in [2.24, 2.45) is 17.6 Å². The summed E-state index contributed by atoms with van der Waals surface area (Å²) in [6.07, 6.45) is 8.35. The lowest BCUT2D eigenvalue weighted by Gasteiger charge is -2.23. The summed E-state index contributed by atoms with van der Waals surface area (Å²) in [7, 11) is 0. The molecule has 2 fully saturated rings. The van der Waals surface area contributed by atoms with Crippen LogP contribution < -0.4 is 16.0 Å². The molecule has 1 aliphatic heterocycles. The summed E-state index contributed by atoms with van der Waals surface area (Å²) < 4.78 is 0. The van der Waals surface area contributed by atoms with Crippen molar-refractivity contribution < 1.29 is 4.79 Å². The van der Waals surface area contributed by atoms with Crippen LogP contribution in [0.4, 0.5) is 11.4 Å². The summed E-state index contributed by atoms with van der Waals surface area (Å²) in [6.45, 7) is 2.86. The van der Waals surface area contributed by atoms with E-state index in [0.717, 1.165) is 38.0 Å². The highest BCUT2D eigenvalue weighted by atomic mass is 35.5. The predicted octanol–water partition coefficient (Wildman–Crippen LogP) is 4.22. The zero-order chi connectivity index (χ0) is 16.1. The monoisotopic (exact) mass is 387 g/mol. The first-order chi connectivity index (χ1) is 11.3. The van der Waals surface area contributed by atoms with Crippen molar-refractivity contribution in [3.05, 3.63) is 24.3 Å². The molecule has 0 bridgehead atoms. The molecule has 1 saturated heterocycles. The van der Waals surface area contributed by atoms with E-state index < -0.39 is 0 Å². The maximum atomic E-state index is 12.5. The number of hydrogen-bond donors (Lipinski definition) is 2. The van der Waals surface area contributed by atoms with Gasteiger partial charge in [-0.2, -0.15) is 0 Å². The number of carbonyl (C=O) groups excluding carboxylic acids is 1. The van der Waals surface area contributed by atoms with Gasteiger partial charge in [0.2, 0.25) is 5.91 Å². The van der Waals surface area contributed by atoms with Gasteiger partial charge in [-0.15, -0.1) is 24.8 Å². The summed E-state index contributed by atoms with van der Waals surface area (Å²) in [5.74, 6) is 0.580. The molecule has 1 amide bonds. The molecule has 2 atom stereocenters. The number of nitrogens with zero attached hydrogens (tertiary/aromatic N) is 1. The zero-order valence-electron chi connectivity index (χ0n) is 14.8. The first kappa shape index (κ1) is 22.1. The van der Waals surface area contributed by atoms with Crippen LogP contribution in [0.1, 0.15) is 44.9 Å². The van der Waals surface area contributed by atoms with Crippen LogP contribution in [0.3, 0.4) is 0 Å². The number of anilines is 2. The van der Waals surface area contributed by atoms with Crippen molar-refractivity contribution in [1.29, 1.82) is 0 Å². The number of nitrogens with two attached hydrogens (primary N) is 1. The van der Waals surface area contributed by atoms with Crippen LogP contribution in [0.25, 0.3) is 0 Å². The third-order valence-electron chi connectivity index (χ3n) is 5.38. The lowest BCUT2D eigenvalue weighted by atomic mass is 9.95. The number of halogens is 2. The fourth-order valence-corrected chi connectivity index (χ4v) is 4.01. The fraction of sp³-hybridized carbons (Fsp3) is 0.632. The van der Waals surface area contributed by atoms with Crippen molar-refractivity contribution in [3.8, 4) is 0 Å². The highest BCUT2D eigenvalue weighted by molar-refractivity contribution is 5.93. The number of rotatable bonds is 4. The minimum absolute atomic E-state index is 0. The summed E-state index contributed by atoms with van der Waals surface area (Å²) in [4.78, 5) is 15.0. The average molecular weight is 388 g/mol. The molecule has 1 aromatic rings. The SMILES string of the molecule is Cl.Cl.NC[C@H]1CCC[C@H]1C(=O)Nc1cccc(N2CCCCCC2)c1. The largest absolute Gasteiger partial charge is 0.371 e. The molecule has 25 heavy (non-hydrogen) atoms. The third-order valence-corrected chi connectivity index (χ3v) is 5.38. The van der Waals surface area contributed by atoms with E-state index in [0.29, 0.717) is 12.5 Å². The molecule has 0 radical (unpaired) electrons. The van der Waals surface area contributed by atoms with Crippen molar-refractivity contribution in [1.82, 2.24) is 0 Å². The lowest BCUT2D eigenvalue weighted by molar-refractivity contribution is -0.120. The van der Waals surface area contributed by atoms with E-state index in [1.165, 1.54) is 31.4 Å². The first-order valence-electron chi connectivity index (χ1n) is 9.14. The highest BCUT2D eigenvalue weighted by Crippen LogP contribution is 2.32. The standard InChI is InChI=1S/C19H29N3O.2ClH/c20-14-15-7-5-10-18(15)19(23)21-16-8-6-9-17(13-16)22-11-3-1-2-4-12-22;;/h6,8-9,13,15,18H,1-5,7,10-12,14,20H2,(H,21,23);2*1H/t15-,18-;;/m1../s1. The normalized spacial score (nSPS) is 23.2. The quantitative estimate of drug-likeness (QED) is 0.812. The smallest absolute Gasteiger partial charge is 0.227 e. The predicted molar refractivity (Wildman–Crippen MR) is 110 cm³/mol. The topological polar surface area (TPSA) is 58.4 Å². The number of hydrogen-bond acceptors (Lipinski definition) is 3. The molecule has 4 nitrogen and oxygen atoms in total. The van der Waals surface area contributed by atoms with Crippen LogP contribution in [0.2, 0.25) is 0 Å². The Kier molecular flexibility index (Phi) is 9.62. The molecule has 2 aliphatic rings. The lowest BCUT2D eigenvalue weighted by Crippen LogP contribution is -2.30. The Hall–Kier alpha value is -0.970. The van der Waals surface area contributed by atoms with Gasteiger partial charge in [-0.3, -0.25) is 4.79 Å². The Morgan fingerprint density at radius 3 is 2.48 bits per heavy atom. The van der Waals surface area contributed by atoms with Crippen LogP contribution in [0.5, 0.6) is 0 Å². The van der Waals surface area contributed by atoms with Gasteiger partial charge in [0, 0.05) is 30.4 Å². The van der Waals surface area contributed by atoms with Gasteiger partial charge in [-0.25, -0.2) is 0 Å². The molecule has 142 valence electrons. The summed E-state index contributed by atoms with van der Waals surface area (Å²) in [5, 5.41) is 3.12. The fourth-order valence-electron chi connectivity index (χ4n) is 4.01. The molecule has 1 aromatic carbocycles. The highest BCUT2D eigenvalue weighted by Gasteiger charge is 2.31. The molecule has 1 aliphatic carbocycles. The van der Waals surface area contributed by atoms with Crippen molar-refractivity contribution >= 4 is 42.1 Å². The minimum Gasteiger partial charge on any atom is -0.371 e. The van der Waals surface area contributed by atoms with Crippen LogP contribution in [-0.4, -0.2) is 25.5 Å². The molecule has 0 aromatic heterocycles. The van der Waals surface area contributed by atoms with Gasteiger partial charge in [0.05, 0.1) is 0 Å². The second-order valence-electron chi connectivity index (χ2n) is 6.97. The average Bonchev–Trinajstić information content (AvgIpc) is 2.89.